The van der Waals surface area contributed by atoms with Crippen molar-refractivity contribution in [1.82, 2.24) is 9.80 Å². The number of hydrogen-bond acceptors (Lipinski definition) is 5. The second kappa shape index (κ2) is 8.11. The molecule has 2 aliphatic heterocycles. The van der Waals surface area contributed by atoms with Crippen LogP contribution < -0.4 is 5.43 Å². The van der Waals surface area contributed by atoms with E-state index in [4.69, 9.17) is 20.8 Å². The van der Waals surface area contributed by atoms with Gasteiger partial charge in [-0.3, -0.25) is 14.5 Å². The van der Waals surface area contributed by atoms with E-state index >= 15 is 0 Å². The highest BCUT2D eigenvalue weighted by Gasteiger charge is 2.42. The van der Waals surface area contributed by atoms with Crippen LogP contribution in [0.4, 0.5) is 0 Å². The van der Waals surface area contributed by atoms with Crippen LogP contribution in [-0.2, 0) is 4.74 Å². The van der Waals surface area contributed by atoms with E-state index in [1.807, 2.05) is 37.3 Å². The molecular weight excluding hydrogens is 416 g/mol. The van der Waals surface area contributed by atoms with Gasteiger partial charge in [0.15, 0.2) is 5.43 Å². The largest absolute Gasteiger partial charge is 0.450 e. The average molecular weight is 439 g/mol. The number of nitrogens with zero attached hydrogens (tertiary/aromatic N) is 2. The Kier molecular flexibility index (Phi) is 5.30. The number of amides is 1. The summed E-state index contributed by atoms with van der Waals surface area (Å²) in [6, 6.07) is 12.5. The molecule has 1 aromatic heterocycles. The summed E-state index contributed by atoms with van der Waals surface area (Å²) in [5, 5.41) is 0.905. The van der Waals surface area contributed by atoms with E-state index in [1.165, 1.54) is 0 Å². The molecule has 2 aliphatic rings. The van der Waals surface area contributed by atoms with Gasteiger partial charge in [0.2, 0.25) is 5.76 Å². The molecule has 160 valence electrons. The van der Waals surface area contributed by atoms with Crippen LogP contribution >= 0.6 is 11.6 Å². The second-order valence-corrected chi connectivity index (χ2v) is 8.44. The van der Waals surface area contributed by atoms with Crippen molar-refractivity contribution in [1.29, 1.82) is 0 Å². The van der Waals surface area contributed by atoms with Crippen LogP contribution in [0.15, 0.2) is 51.7 Å². The molecule has 7 heteroatoms. The van der Waals surface area contributed by atoms with Crippen molar-refractivity contribution in [3.05, 3.63) is 80.2 Å². The molecule has 2 aromatic carbocycles. The number of carbonyl (C=O) groups excluding carboxylic acids is 1. The standard InChI is InChI=1S/C24H23ClN2O4/c1-15-13-19-17(14-18(15)25)22(28)20-21(16-5-3-2-4-6-16)27(24(29)23(20)31-19)8-7-26-9-11-30-12-10-26/h2-6,13-14,21H,7-12H2,1H3. The summed E-state index contributed by atoms with van der Waals surface area (Å²) >= 11 is 6.28. The molecule has 31 heavy (non-hydrogen) atoms. The van der Waals surface area contributed by atoms with Gasteiger partial charge in [-0.05, 0) is 30.2 Å². The van der Waals surface area contributed by atoms with Gasteiger partial charge < -0.3 is 14.1 Å². The summed E-state index contributed by atoms with van der Waals surface area (Å²) in [7, 11) is 0. The molecule has 3 aromatic rings. The SMILES string of the molecule is Cc1cc2oc3c(c(=O)c2cc1Cl)C(c1ccccc1)N(CCN1CCOCC1)C3=O. The van der Waals surface area contributed by atoms with E-state index in [0.717, 1.165) is 24.2 Å². The van der Waals surface area contributed by atoms with Crippen molar-refractivity contribution in [2.24, 2.45) is 0 Å². The Labute approximate surface area is 185 Å². The number of fused-ring (bicyclic) bond motifs is 2. The van der Waals surface area contributed by atoms with E-state index in [-0.39, 0.29) is 17.1 Å². The number of benzene rings is 2. The Morgan fingerprint density at radius 3 is 2.55 bits per heavy atom. The number of ether oxygens (including phenoxy) is 1. The first-order valence-electron chi connectivity index (χ1n) is 10.5. The maximum absolute atomic E-state index is 13.5. The van der Waals surface area contributed by atoms with Gasteiger partial charge in [0.25, 0.3) is 5.91 Å². The summed E-state index contributed by atoms with van der Waals surface area (Å²) in [6.07, 6.45) is 0. The Hall–Kier alpha value is -2.67. The third-order valence-corrected chi connectivity index (χ3v) is 6.53. The van der Waals surface area contributed by atoms with Gasteiger partial charge in [-0.15, -0.1) is 0 Å². The molecule has 1 saturated heterocycles. The quantitative estimate of drug-likeness (QED) is 0.622. The van der Waals surface area contributed by atoms with Gasteiger partial charge in [0.05, 0.1) is 30.2 Å². The van der Waals surface area contributed by atoms with Gasteiger partial charge in [0, 0.05) is 31.2 Å². The number of aryl methyl sites for hydroxylation is 1. The first kappa shape index (κ1) is 20.2. The molecule has 3 heterocycles. The van der Waals surface area contributed by atoms with Crippen LogP contribution in [0.25, 0.3) is 11.0 Å². The maximum Gasteiger partial charge on any atom is 0.290 e. The molecule has 0 spiro atoms. The fourth-order valence-electron chi connectivity index (χ4n) is 4.43. The fraction of sp³-hybridized carbons (Fsp3) is 0.333. The average Bonchev–Trinajstić information content (AvgIpc) is 3.07. The monoisotopic (exact) mass is 438 g/mol. The lowest BCUT2D eigenvalue weighted by Crippen LogP contribution is -2.42. The molecule has 1 amide bonds. The van der Waals surface area contributed by atoms with Crippen molar-refractivity contribution >= 4 is 28.5 Å². The molecule has 0 radical (unpaired) electrons. The molecule has 0 aliphatic carbocycles. The Bertz CT molecular complexity index is 1200. The van der Waals surface area contributed by atoms with Gasteiger partial charge in [-0.1, -0.05) is 41.9 Å². The van der Waals surface area contributed by atoms with Gasteiger partial charge in [-0.2, -0.15) is 0 Å². The number of halogens is 1. The molecule has 1 fully saturated rings. The molecule has 1 atom stereocenters. The molecule has 0 N–H and O–H groups in total. The zero-order valence-corrected chi connectivity index (χ0v) is 18.0. The molecule has 0 bridgehead atoms. The minimum absolute atomic E-state index is 0.134. The first-order chi connectivity index (χ1) is 15.0. The number of carbonyl (C=O) groups is 1. The molecule has 0 saturated carbocycles. The summed E-state index contributed by atoms with van der Waals surface area (Å²) in [4.78, 5) is 31.0. The third kappa shape index (κ3) is 3.55. The van der Waals surface area contributed by atoms with Crippen molar-refractivity contribution < 1.29 is 13.9 Å². The molecular formula is C24H23ClN2O4. The highest BCUT2D eigenvalue weighted by Crippen LogP contribution is 2.38. The first-order valence-corrected chi connectivity index (χ1v) is 10.9. The Morgan fingerprint density at radius 1 is 1.06 bits per heavy atom. The van der Waals surface area contributed by atoms with E-state index in [2.05, 4.69) is 4.90 Å². The van der Waals surface area contributed by atoms with Crippen LogP contribution in [0.3, 0.4) is 0 Å². The molecule has 1 unspecified atom stereocenters. The van der Waals surface area contributed by atoms with Crippen LogP contribution in [0, 0.1) is 6.92 Å². The highest BCUT2D eigenvalue weighted by molar-refractivity contribution is 6.32. The van der Waals surface area contributed by atoms with Crippen LogP contribution in [-0.4, -0.2) is 55.1 Å². The highest BCUT2D eigenvalue weighted by atomic mass is 35.5. The second-order valence-electron chi connectivity index (χ2n) is 8.04. The minimum Gasteiger partial charge on any atom is -0.450 e. The smallest absolute Gasteiger partial charge is 0.290 e. The summed E-state index contributed by atoms with van der Waals surface area (Å²) in [6.45, 7) is 6.12. The molecule has 6 nitrogen and oxygen atoms in total. The predicted octanol–water partition coefficient (Wildman–Crippen LogP) is 3.63. The number of rotatable bonds is 4. The number of morpholine rings is 1. The maximum atomic E-state index is 13.5. The van der Waals surface area contributed by atoms with Crippen molar-refractivity contribution in [3.8, 4) is 0 Å². The summed E-state index contributed by atoms with van der Waals surface area (Å²) in [5.41, 5.74) is 2.27. The third-order valence-electron chi connectivity index (χ3n) is 6.12. The zero-order valence-electron chi connectivity index (χ0n) is 17.3. The Morgan fingerprint density at radius 2 is 1.81 bits per heavy atom. The zero-order chi connectivity index (χ0) is 21.5. The van der Waals surface area contributed by atoms with E-state index in [1.54, 1.807) is 17.0 Å². The van der Waals surface area contributed by atoms with Crippen LogP contribution in [0.5, 0.6) is 0 Å². The lowest BCUT2D eigenvalue weighted by molar-refractivity contribution is 0.0314. The van der Waals surface area contributed by atoms with Crippen molar-refractivity contribution in [3.63, 3.8) is 0 Å². The Balaban J connectivity index is 1.61. The fourth-order valence-corrected chi connectivity index (χ4v) is 4.59. The van der Waals surface area contributed by atoms with Gasteiger partial charge in [0.1, 0.15) is 5.58 Å². The van der Waals surface area contributed by atoms with Crippen LogP contribution in [0.1, 0.15) is 33.3 Å². The lowest BCUT2D eigenvalue weighted by Gasteiger charge is -2.31. The van der Waals surface area contributed by atoms with Gasteiger partial charge >= 0.3 is 0 Å². The summed E-state index contributed by atoms with van der Waals surface area (Å²) in [5.74, 6) is -0.112. The number of hydrogen-bond donors (Lipinski definition) is 0. The van der Waals surface area contributed by atoms with E-state index < -0.39 is 6.04 Å². The lowest BCUT2D eigenvalue weighted by atomic mass is 9.98. The molecule has 5 rings (SSSR count). The minimum atomic E-state index is -0.481. The predicted molar refractivity (Wildman–Crippen MR) is 119 cm³/mol. The van der Waals surface area contributed by atoms with Gasteiger partial charge in [-0.25, -0.2) is 0 Å². The van der Waals surface area contributed by atoms with Crippen LogP contribution in [0.2, 0.25) is 5.02 Å². The van der Waals surface area contributed by atoms with E-state index in [0.29, 0.717) is 47.9 Å². The van der Waals surface area contributed by atoms with E-state index in [9.17, 15) is 9.59 Å². The summed E-state index contributed by atoms with van der Waals surface area (Å²) < 4.78 is 11.4. The van der Waals surface area contributed by atoms with Crippen molar-refractivity contribution in [2.75, 3.05) is 39.4 Å². The topological polar surface area (TPSA) is 63.0 Å². The van der Waals surface area contributed by atoms with Crippen molar-refractivity contribution in [2.45, 2.75) is 13.0 Å². The normalized spacial score (nSPS) is 19.2.